The Labute approximate surface area is 121 Å². The van der Waals surface area contributed by atoms with Crippen LogP contribution >= 0.6 is 0 Å². The van der Waals surface area contributed by atoms with Crippen molar-refractivity contribution in [1.82, 2.24) is 10.6 Å². The minimum Gasteiger partial charge on any atom is -0.497 e. The van der Waals surface area contributed by atoms with Gasteiger partial charge in [0.1, 0.15) is 5.75 Å². The van der Waals surface area contributed by atoms with Gasteiger partial charge in [-0.05, 0) is 37.6 Å². The van der Waals surface area contributed by atoms with E-state index < -0.39 is 0 Å². The van der Waals surface area contributed by atoms with Gasteiger partial charge in [-0.2, -0.15) is 0 Å². The molecule has 112 valence electrons. The zero-order valence-electron chi connectivity index (χ0n) is 12.9. The second kappa shape index (κ2) is 8.59. The average molecular weight is 278 g/mol. The summed E-state index contributed by atoms with van der Waals surface area (Å²) >= 11 is 0. The van der Waals surface area contributed by atoms with Gasteiger partial charge in [-0.3, -0.25) is 4.79 Å². The highest BCUT2D eigenvalue weighted by atomic mass is 16.5. The summed E-state index contributed by atoms with van der Waals surface area (Å²) in [6.07, 6.45) is 1.41. The Morgan fingerprint density at radius 2 is 2.05 bits per heavy atom. The van der Waals surface area contributed by atoms with Crippen LogP contribution in [0, 0.1) is 0 Å². The lowest BCUT2D eigenvalue weighted by molar-refractivity contribution is -0.121. The van der Waals surface area contributed by atoms with Crippen molar-refractivity contribution in [2.45, 2.75) is 45.7 Å². The van der Waals surface area contributed by atoms with Crippen molar-refractivity contribution >= 4 is 5.91 Å². The van der Waals surface area contributed by atoms with Crippen molar-refractivity contribution in [3.8, 4) is 5.75 Å². The predicted molar refractivity (Wildman–Crippen MR) is 81.9 cm³/mol. The first-order chi connectivity index (χ1) is 9.52. The zero-order valence-corrected chi connectivity index (χ0v) is 12.9. The number of amides is 1. The van der Waals surface area contributed by atoms with E-state index in [4.69, 9.17) is 4.74 Å². The van der Waals surface area contributed by atoms with E-state index >= 15 is 0 Å². The molecule has 1 aromatic rings. The van der Waals surface area contributed by atoms with E-state index in [1.807, 2.05) is 31.2 Å². The molecule has 1 aromatic carbocycles. The third-order valence-electron chi connectivity index (χ3n) is 3.10. The van der Waals surface area contributed by atoms with Gasteiger partial charge in [-0.25, -0.2) is 0 Å². The van der Waals surface area contributed by atoms with Gasteiger partial charge in [-0.1, -0.05) is 26.0 Å². The van der Waals surface area contributed by atoms with Crippen LogP contribution in [0.3, 0.4) is 0 Å². The molecule has 4 nitrogen and oxygen atoms in total. The number of hydrogen-bond donors (Lipinski definition) is 2. The molecule has 0 spiro atoms. The molecule has 0 saturated heterocycles. The summed E-state index contributed by atoms with van der Waals surface area (Å²) in [6.45, 7) is 7.06. The van der Waals surface area contributed by atoms with Crippen LogP contribution in [0.25, 0.3) is 0 Å². The SMILES string of the molecule is COc1cccc(C(C)NC(=O)CCCNC(C)C)c1. The normalized spacial score (nSPS) is 12.2. The fraction of sp³-hybridized carbons (Fsp3) is 0.562. The van der Waals surface area contributed by atoms with E-state index in [2.05, 4.69) is 24.5 Å². The van der Waals surface area contributed by atoms with Crippen molar-refractivity contribution in [1.29, 1.82) is 0 Å². The van der Waals surface area contributed by atoms with E-state index in [0.29, 0.717) is 12.5 Å². The van der Waals surface area contributed by atoms with E-state index in [1.54, 1.807) is 7.11 Å². The number of nitrogens with one attached hydrogen (secondary N) is 2. The summed E-state index contributed by atoms with van der Waals surface area (Å²) < 4.78 is 5.19. The Balaban J connectivity index is 2.37. The minimum atomic E-state index is -0.00402. The highest BCUT2D eigenvalue weighted by Crippen LogP contribution is 2.18. The number of carbonyl (C=O) groups is 1. The van der Waals surface area contributed by atoms with Crippen molar-refractivity contribution in [2.24, 2.45) is 0 Å². The standard InChI is InChI=1S/C16H26N2O2/c1-12(2)17-10-6-9-16(19)18-13(3)14-7-5-8-15(11-14)20-4/h5,7-8,11-13,17H,6,9-10H2,1-4H3,(H,18,19). The van der Waals surface area contributed by atoms with Gasteiger partial charge >= 0.3 is 0 Å². The molecular formula is C16H26N2O2. The van der Waals surface area contributed by atoms with Gasteiger partial charge in [0.05, 0.1) is 13.2 Å². The molecule has 1 rings (SSSR count). The molecule has 0 fully saturated rings. The van der Waals surface area contributed by atoms with Crippen LogP contribution < -0.4 is 15.4 Å². The number of carbonyl (C=O) groups excluding carboxylic acids is 1. The Morgan fingerprint density at radius 3 is 2.70 bits per heavy atom. The molecule has 1 amide bonds. The van der Waals surface area contributed by atoms with Gasteiger partial charge in [0.15, 0.2) is 0 Å². The maximum atomic E-state index is 11.9. The molecule has 0 radical (unpaired) electrons. The molecule has 0 aliphatic carbocycles. The summed E-state index contributed by atoms with van der Waals surface area (Å²) in [4.78, 5) is 11.9. The smallest absolute Gasteiger partial charge is 0.220 e. The van der Waals surface area contributed by atoms with Crippen molar-refractivity contribution in [3.05, 3.63) is 29.8 Å². The van der Waals surface area contributed by atoms with Crippen LogP contribution in [-0.4, -0.2) is 25.6 Å². The molecule has 1 unspecified atom stereocenters. The molecule has 4 heteroatoms. The lowest BCUT2D eigenvalue weighted by atomic mass is 10.1. The third kappa shape index (κ3) is 6.06. The zero-order chi connectivity index (χ0) is 15.0. The quantitative estimate of drug-likeness (QED) is 0.719. The molecule has 20 heavy (non-hydrogen) atoms. The van der Waals surface area contributed by atoms with E-state index in [9.17, 15) is 4.79 Å². The number of methoxy groups -OCH3 is 1. The summed E-state index contributed by atoms with van der Waals surface area (Å²) in [6, 6.07) is 8.24. The molecule has 0 aliphatic heterocycles. The number of hydrogen-bond acceptors (Lipinski definition) is 3. The van der Waals surface area contributed by atoms with Crippen molar-refractivity contribution < 1.29 is 9.53 Å². The maximum absolute atomic E-state index is 11.9. The lowest BCUT2D eigenvalue weighted by Crippen LogP contribution is -2.28. The third-order valence-corrected chi connectivity index (χ3v) is 3.10. The first-order valence-electron chi connectivity index (χ1n) is 7.19. The Kier molecular flexibility index (Phi) is 7.09. The van der Waals surface area contributed by atoms with Gasteiger partial charge in [0.2, 0.25) is 5.91 Å². The topological polar surface area (TPSA) is 50.4 Å². The fourth-order valence-corrected chi connectivity index (χ4v) is 1.95. The molecule has 0 aromatic heterocycles. The number of benzene rings is 1. The Hall–Kier alpha value is -1.55. The van der Waals surface area contributed by atoms with E-state index in [-0.39, 0.29) is 11.9 Å². The van der Waals surface area contributed by atoms with Crippen LogP contribution in [0.4, 0.5) is 0 Å². The molecular weight excluding hydrogens is 252 g/mol. The van der Waals surface area contributed by atoms with Crippen molar-refractivity contribution in [3.63, 3.8) is 0 Å². The minimum absolute atomic E-state index is 0.00402. The molecule has 2 N–H and O–H groups in total. The highest BCUT2D eigenvalue weighted by Gasteiger charge is 2.10. The van der Waals surface area contributed by atoms with E-state index in [0.717, 1.165) is 24.3 Å². The maximum Gasteiger partial charge on any atom is 0.220 e. The summed E-state index contributed by atoms with van der Waals surface area (Å²) in [5, 5.41) is 6.32. The first-order valence-corrected chi connectivity index (χ1v) is 7.19. The van der Waals surface area contributed by atoms with Gasteiger partial charge in [0.25, 0.3) is 0 Å². The van der Waals surface area contributed by atoms with Crippen LogP contribution in [-0.2, 0) is 4.79 Å². The van der Waals surface area contributed by atoms with Gasteiger partial charge in [0, 0.05) is 12.5 Å². The Morgan fingerprint density at radius 1 is 1.30 bits per heavy atom. The summed E-state index contributed by atoms with van der Waals surface area (Å²) in [5.74, 6) is 0.899. The highest BCUT2D eigenvalue weighted by molar-refractivity contribution is 5.76. The summed E-state index contributed by atoms with van der Waals surface area (Å²) in [5.41, 5.74) is 1.05. The molecule has 0 heterocycles. The molecule has 0 aliphatic rings. The molecule has 0 saturated carbocycles. The second-order valence-corrected chi connectivity index (χ2v) is 5.28. The molecule has 0 bridgehead atoms. The van der Waals surface area contributed by atoms with Crippen LogP contribution in [0.1, 0.15) is 45.2 Å². The fourth-order valence-electron chi connectivity index (χ4n) is 1.95. The Bertz CT molecular complexity index is 419. The van der Waals surface area contributed by atoms with Crippen LogP contribution in [0.5, 0.6) is 5.75 Å². The predicted octanol–water partition coefficient (Wildman–Crippen LogP) is 2.65. The van der Waals surface area contributed by atoms with E-state index in [1.165, 1.54) is 0 Å². The average Bonchev–Trinajstić information content (AvgIpc) is 2.43. The largest absolute Gasteiger partial charge is 0.497 e. The first kappa shape index (κ1) is 16.5. The van der Waals surface area contributed by atoms with Crippen molar-refractivity contribution in [2.75, 3.05) is 13.7 Å². The monoisotopic (exact) mass is 278 g/mol. The van der Waals surface area contributed by atoms with Gasteiger partial charge < -0.3 is 15.4 Å². The lowest BCUT2D eigenvalue weighted by Gasteiger charge is -2.15. The van der Waals surface area contributed by atoms with Crippen LogP contribution in [0.15, 0.2) is 24.3 Å². The second-order valence-electron chi connectivity index (χ2n) is 5.28. The molecule has 1 atom stereocenters. The van der Waals surface area contributed by atoms with Crippen LogP contribution in [0.2, 0.25) is 0 Å². The number of ether oxygens (including phenoxy) is 1. The summed E-state index contributed by atoms with van der Waals surface area (Å²) in [7, 11) is 1.64. The van der Waals surface area contributed by atoms with Gasteiger partial charge in [-0.15, -0.1) is 0 Å². The number of rotatable bonds is 8.